The lowest BCUT2D eigenvalue weighted by Gasteiger charge is -2.37. The maximum absolute atomic E-state index is 12.5. The molecule has 0 aromatic heterocycles. The molecule has 2 bridgehead atoms. The monoisotopic (exact) mass is 322 g/mol. The molecule has 0 aromatic rings. The highest BCUT2D eigenvalue weighted by Crippen LogP contribution is 2.65. The van der Waals surface area contributed by atoms with E-state index in [2.05, 4.69) is 26.1 Å². The van der Waals surface area contributed by atoms with Crippen LogP contribution in [0.2, 0.25) is 0 Å². The minimum Gasteiger partial charge on any atom is -0.444 e. The molecule has 3 rings (SSSR count). The molecule has 0 heterocycles. The summed E-state index contributed by atoms with van der Waals surface area (Å²) < 4.78 is 5.58. The van der Waals surface area contributed by atoms with Gasteiger partial charge in [0.2, 0.25) is 0 Å². The summed E-state index contributed by atoms with van der Waals surface area (Å²) >= 11 is 0. The Morgan fingerprint density at radius 1 is 1.09 bits per heavy atom. The van der Waals surface area contributed by atoms with Gasteiger partial charge in [0.1, 0.15) is 5.60 Å². The average Bonchev–Trinajstić information content (AvgIpc) is 2.75. The molecule has 4 nitrogen and oxygen atoms in total. The maximum atomic E-state index is 12.5. The highest BCUT2D eigenvalue weighted by atomic mass is 16.6. The Hall–Kier alpha value is -0.770. The van der Waals surface area contributed by atoms with Crippen molar-refractivity contribution in [2.45, 2.75) is 78.0 Å². The van der Waals surface area contributed by atoms with Crippen LogP contribution in [0.15, 0.2) is 0 Å². The van der Waals surface area contributed by atoms with Crippen LogP contribution >= 0.6 is 0 Å². The molecule has 23 heavy (non-hydrogen) atoms. The van der Waals surface area contributed by atoms with Crippen molar-refractivity contribution in [1.82, 2.24) is 10.2 Å². The SMILES string of the molecule is CC(C)(C)OC(=O)N(CCNC1C2C3CCC(C3)C12)C(C)(C)C. The van der Waals surface area contributed by atoms with Gasteiger partial charge in [-0.2, -0.15) is 0 Å². The molecule has 3 aliphatic carbocycles. The zero-order chi connectivity index (χ0) is 17.0. The van der Waals surface area contributed by atoms with Crippen LogP contribution in [0.4, 0.5) is 4.79 Å². The standard InChI is InChI=1S/C19H34N2O2/c1-18(2,3)21(17(22)23-19(4,5)6)10-9-20-16-14-12-7-8-13(11-12)15(14)16/h12-16,20H,7-11H2,1-6H3. The summed E-state index contributed by atoms with van der Waals surface area (Å²) in [5.41, 5.74) is -0.664. The molecule has 3 aliphatic rings. The second-order valence-corrected chi connectivity index (χ2v) is 9.77. The van der Waals surface area contributed by atoms with Gasteiger partial charge in [-0.15, -0.1) is 0 Å². The van der Waals surface area contributed by atoms with E-state index in [0.717, 1.165) is 36.3 Å². The first-order valence-electron chi connectivity index (χ1n) is 9.32. The van der Waals surface area contributed by atoms with E-state index in [-0.39, 0.29) is 11.6 Å². The van der Waals surface area contributed by atoms with E-state index in [9.17, 15) is 4.79 Å². The molecular formula is C19H34N2O2. The molecule has 0 radical (unpaired) electrons. The minimum atomic E-state index is -0.444. The van der Waals surface area contributed by atoms with E-state index in [1.807, 2.05) is 25.7 Å². The van der Waals surface area contributed by atoms with Crippen molar-refractivity contribution in [1.29, 1.82) is 0 Å². The Morgan fingerprint density at radius 2 is 1.65 bits per heavy atom. The predicted molar refractivity (Wildman–Crippen MR) is 92.3 cm³/mol. The summed E-state index contributed by atoms with van der Waals surface area (Å²) in [6.45, 7) is 13.6. The Balaban J connectivity index is 1.49. The van der Waals surface area contributed by atoms with E-state index in [1.165, 1.54) is 19.3 Å². The molecule has 0 saturated heterocycles. The van der Waals surface area contributed by atoms with Crippen LogP contribution in [0.3, 0.4) is 0 Å². The van der Waals surface area contributed by atoms with E-state index in [1.54, 1.807) is 0 Å². The molecule has 1 amide bonds. The number of carbonyl (C=O) groups is 1. The Morgan fingerprint density at radius 3 is 2.13 bits per heavy atom. The summed E-state index contributed by atoms with van der Waals surface area (Å²) in [5.74, 6) is 3.87. The highest BCUT2D eigenvalue weighted by molar-refractivity contribution is 5.69. The molecule has 0 aromatic carbocycles. The summed E-state index contributed by atoms with van der Waals surface area (Å²) in [7, 11) is 0. The molecule has 1 N–H and O–H groups in total. The number of fused-ring (bicyclic) bond motifs is 5. The molecular weight excluding hydrogens is 288 g/mol. The van der Waals surface area contributed by atoms with Crippen LogP contribution < -0.4 is 5.32 Å². The van der Waals surface area contributed by atoms with Crippen LogP contribution in [0, 0.1) is 23.7 Å². The molecule has 132 valence electrons. The van der Waals surface area contributed by atoms with Crippen LogP contribution in [0.5, 0.6) is 0 Å². The van der Waals surface area contributed by atoms with Gasteiger partial charge in [-0.05, 0) is 84.5 Å². The van der Waals surface area contributed by atoms with Gasteiger partial charge in [0.05, 0.1) is 0 Å². The Labute approximate surface area is 141 Å². The van der Waals surface area contributed by atoms with E-state index < -0.39 is 5.60 Å². The third-order valence-corrected chi connectivity index (χ3v) is 5.87. The van der Waals surface area contributed by atoms with Gasteiger partial charge in [0.25, 0.3) is 0 Å². The third-order valence-electron chi connectivity index (χ3n) is 5.87. The number of amides is 1. The Kier molecular flexibility index (Phi) is 4.19. The van der Waals surface area contributed by atoms with Gasteiger partial charge in [-0.25, -0.2) is 4.79 Å². The first-order valence-corrected chi connectivity index (χ1v) is 9.32. The third kappa shape index (κ3) is 3.52. The lowest BCUT2D eigenvalue weighted by atomic mass is 10.0. The van der Waals surface area contributed by atoms with E-state index in [4.69, 9.17) is 4.74 Å². The van der Waals surface area contributed by atoms with Crippen LogP contribution in [0.25, 0.3) is 0 Å². The topological polar surface area (TPSA) is 41.6 Å². The van der Waals surface area contributed by atoms with Gasteiger partial charge >= 0.3 is 6.09 Å². The van der Waals surface area contributed by atoms with Crippen molar-refractivity contribution >= 4 is 6.09 Å². The Bertz CT molecular complexity index is 447. The smallest absolute Gasteiger partial charge is 0.410 e. The zero-order valence-corrected chi connectivity index (χ0v) is 15.7. The minimum absolute atomic E-state index is 0.206. The highest BCUT2D eigenvalue weighted by Gasteiger charge is 2.64. The summed E-state index contributed by atoms with van der Waals surface area (Å²) in [5, 5.41) is 3.73. The lowest BCUT2D eigenvalue weighted by molar-refractivity contribution is 0.00655. The number of nitrogens with zero attached hydrogens (tertiary/aromatic N) is 1. The van der Waals surface area contributed by atoms with E-state index in [0.29, 0.717) is 6.54 Å². The molecule has 3 saturated carbocycles. The molecule has 0 aliphatic heterocycles. The zero-order valence-electron chi connectivity index (χ0n) is 15.7. The van der Waals surface area contributed by atoms with Crippen molar-refractivity contribution in [2.75, 3.05) is 13.1 Å². The van der Waals surface area contributed by atoms with Gasteiger partial charge < -0.3 is 15.0 Å². The van der Waals surface area contributed by atoms with Crippen molar-refractivity contribution in [3.8, 4) is 0 Å². The van der Waals surface area contributed by atoms with Crippen molar-refractivity contribution in [3.63, 3.8) is 0 Å². The predicted octanol–water partition coefficient (Wildman–Crippen LogP) is 3.66. The van der Waals surface area contributed by atoms with Crippen molar-refractivity contribution < 1.29 is 9.53 Å². The van der Waals surface area contributed by atoms with Crippen LogP contribution in [0.1, 0.15) is 60.8 Å². The fourth-order valence-electron chi connectivity index (χ4n) is 4.96. The normalized spacial score (nSPS) is 35.1. The van der Waals surface area contributed by atoms with Crippen LogP contribution in [-0.2, 0) is 4.74 Å². The number of carbonyl (C=O) groups excluding carboxylic acids is 1. The summed E-state index contributed by atoms with van der Waals surface area (Å²) in [4.78, 5) is 14.3. The molecule has 4 unspecified atom stereocenters. The molecule has 4 atom stereocenters. The van der Waals surface area contributed by atoms with E-state index >= 15 is 0 Å². The summed E-state index contributed by atoms with van der Waals surface area (Å²) in [6.07, 6.45) is 4.19. The number of hydrogen-bond donors (Lipinski definition) is 1. The summed E-state index contributed by atoms with van der Waals surface area (Å²) in [6, 6.07) is 0.724. The quantitative estimate of drug-likeness (QED) is 0.859. The number of nitrogens with one attached hydrogen (secondary N) is 1. The number of hydrogen-bond acceptors (Lipinski definition) is 3. The number of rotatable bonds is 4. The second kappa shape index (κ2) is 5.65. The second-order valence-electron chi connectivity index (χ2n) is 9.77. The molecule has 3 fully saturated rings. The molecule has 4 heteroatoms. The van der Waals surface area contributed by atoms with Crippen molar-refractivity contribution in [2.24, 2.45) is 23.7 Å². The molecule has 0 spiro atoms. The van der Waals surface area contributed by atoms with Crippen molar-refractivity contribution in [3.05, 3.63) is 0 Å². The maximum Gasteiger partial charge on any atom is 0.410 e. The first-order chi connectivity index (χ1) is 10.6. The van der Waals surface area contributed by atoms with Gasteiger partial charge in [-0.1, -0.05) is 0 Å². The number of ether oxygens (including phenoxy) is 1. The van der Waals surface area contributed by atoms with Gasteiger partial charge in [-0.3, -0.25) is 0 Å². The van der Waals surface area contributed by atoms with Gasteiger partial charge in [0, 0.05) is 24.7 Å². The fraction of sp³-hybridized carbons (Fsp3) is 0.947. The van der Waals surface area contributed by atoms with Gasteiger partial charge in [0.15, 0.2) is 0 Å². The first kappa shape index (κ1) is 17.1. The largest absolute Gasteiger partial charge is 0.444 e. The lowest BCUT2D eigenvalue weighted by Crippen LogP contribution is -2.50. The average molecular weight is 322 g/mol. The van der Waals surface area contributed by atoms with Crippen LogP contribution in [-0.4, -0.2) is 41.3 Å². The fourth-order valence-corrected chi connectivity index (χ4v) is 4.96.